The molecule has 3 aromatic rings. The van der Waals surface area contributed by atoms with E-state index in [1.807, 2.05) is 0 Å². The molecule has 2 aromatic carbocycles. The van der Waals surface area contributed by atoms with E-state index in [4.69, 9.17) is 16.6 Å². The molecule has 0 aliphatic heterocycles. The zero-order valence-electron chi connectivity index (χ0n) is 13.6. The van der Waals surface area contributed by atoms with Crippen LogP contribution in [0, 0.1) is 29.5 Å². The fourth-order valence-electron chi connectivity index (χ4n) is 2.61. The summed E-state index contributed by atoms with van der Waals surface area (Å²) in [6.07, 6.45) is 0. The van der Waals surface area contributed by atoms with E-state index >= 15 is 4.39 Å². The molecule has 0 atom stereocenters. The standard InChI is InChI=1S/C20H11F2N3O/c1-24-16(11-23)20(26-2)14-9-8-13-10-15(21)18(25-19(13)17(14)22)12-6-4-3-5-7-12/h3-10H,2H3/b20-16-. The number of ether oxygens (including phenoxy) is 1. The van der Waals surface area contributed by atoms with E-state index in [9.17, 15) is 4.39 Å². The number of methoxy groups -OCH3 is 1. The number of benzene rings is 2. The van der Waals surface area contributed by atoms with Crippen LogP contribution in [-0.4, -0.2) is 12.1 Å². The van der Waals surface area contributed by atoms with Crippen molar-refractivity contribution >= 4 is 16.7 Å². The zero-order chi connectivity index (χ0) is 18.7. The van der Waals surface area contributed by atoms with Crippen molar-refractivity contribution < 1.29 is 13.5 Å². The summed E-state index contributed by atoms with van der Waals surface area (Å²) in [5.41, 5.74) is 0.00209. The lowest BCUT2D eigenvalue weighted by Crippen LogP contribution is -1.99. The first-order valence-corrected chi connectivity index (χ1v) is 7.51. The molecule has 0 amide bonds. The van der Waals surface area contributed by atoms with Crippen molar-refractivity contribution in [3.8, 4) is 17.3 Å². The molecule has 0 N–H and O–H groups in total. The average molecular weight is 347 g/mol. The number of hydrogen-bond donors (Lipinski definition) is 0. The Kier molecular flexibility index (Phi) is 4.59. The normalized spacial score (nSPS) is 11.4. The number of rotatable bonds is 3. The van der Waals surface area contributed by atoms with Crippen LogP contribution in [0.5, 0.6) is 0 Å². The Morgan fingerprint density at radius 1 is 1.19 bits per heavy atom. The van der Waals surface area contributed by atoms with Crippen molar-refractivity contribution in [3.63, 3.8) is 0 Å². The number of halogens is 2. The molecule has 6 heteroatoms. The predicted octanol–water partition coefficient (Wildman–Crippen LogP) is 4.94. The summed E-state index contributed by atoms with van der Waals surface area (Å²) in [5.74, 6) is -1.54. The van der Waals surface area contributed by atoms with Crippen molar-refractivity contribution in [3.05, 3.63) is 82.8 Å². The second kappa shape index (κ2) is 7.00. The monoisotopic (exact) mass is 347 g/mol. The third kappa shape index (κ3) is 2.85. The molecule has 0 fully saturated rings. The molecule has 0 spiro atoms. The Morgan fingerprint density at radius 3 is 2.54 bits per heavy atom. The van der Waals surface area contributed by atoms with Gasteiger partial charge in [-0.3, -0.25) is 0 Å². The van der Waals surface area contributed by atoms with Crippen molar-refractivity contribution in [2.24, 2.45) is 0 Å². The lowest BCUT2D eigenvalue weighted by atomic mass is 10.0. The third-order valence-corrected chi connectivity index (χ3v) is 3.81. The largest absolute Gasteiger partial charge is 0.506 e. The molecule has 0 saturated heterocycles. The van der Waals surface area contributed by atoms with Gasteiger partial charge in [0, 0.05) is 16.5 Å². The molecule has 3 rings (SSSR count). The summed E-state index contributed by atoms with van der Waals surface area (Å²) in [4.78, 5) is 7.20. The minimum Gasteiger partial charge on any atom is -0.506 e. The number of allylic oxidation sites excluding steroid dienone is 1. The first-order chi connectivity index (χ1) is 12.6. The van der Waals surface area contributed by atoms with E-state index < -0.39 is 11.6 Å². The van der Waals surface area contributed by atoms with Gasteiger partial charge in [0.15, 0.2) is 5.82 Å². The van der Waals surface area contributed by atoms with Gasteiger partial charge in [0.05, 0.1) is 19.8 Å². The lowest BCUT2D eigenvalue weighted by molar-refractivity contribution is 0.366. The highest BCUT2D eigenvalue weighted by molar-refractivity contribution is 5.86. The number of hydrogen-bond acceptors (Lipinski definition) is 3. The number of fused-ring (bicyclic) bond motifs is 1. The molecule has 0 aliphatic carbocycles. The second-order valence-electron chi connectivity index (χ2n) is 5.29. The van der Waals surface area contributed by atoms with Gasteiger partial charge in [-0.05, 0) is 12.1 Å². The van der Waals surface area contributed by atoms with Crippen LogP contribution in [0.1, 0.15) is 5.56 Å². The van der Waals surface area contributed by atoms with Crippen LogP contribution in [0.4, 0.5) is 8.78 Å². The summed E-state index contributed by atoms with van der Waals surface area (Å²) in [5, 5.41) is 9.30. The van der Waals surface area contributed by atoms with Crippen LogP contribution in [0.3, 0.4) is 0 Å². The Labute approximate surface area is 148 Å². The predicted molar refractivity (Wildman–Crippen MR) is 93.2 cm³/mol. The van der Waals surface area contributed by atoms with Gasteiger partial charge in [-0.25, -0.2) is 23.9 Å². The number of aromatic nitrogens is 1. The maximum Gasteiger partial charge on any atom is 0.303 e. The van der Waals surface area contributed by atoms with Gasteiger partial charge < -0.3 is 4.74 Å². The van der Waals surface area contributed by atoms with Crippen LogP contribution < -0.4 is 0 Å². The molecule has 0 radical (unpaired) electrons. The van der Waals surface area contributed by atoms with Gasteiger partial charge in [0.1, 0.15) is 22.8 Å². The van der Waals surface area contributed by atoms with Gasteiger partial charge in [0.2, 0.25) is 0 Å². The summed E-state index contributed by atoms with van der Waals surface area (Å²) in [6, 6.07) is 14.3. The van der Waals surface area contributed by atoms with Gasteiger partial charge in [0.25, 0.3) is 0 Å². The Morgan fingerprint density at radius 2 is 1.92 bits per heavy atom. The summed E-state index contributed by atoms with van der Waals surface area (Å²) < 4.78 is 34.5. The second-order valence-corrected chi connectivity index (χ2v) is 5.29. The first kappa shape index (κ1) is 17.1. The SMILES string of the molecule is [C-]#[N+]/C(C#N)=C(\OC)c1ccc2cc(F)c(-c3ccccc3)nc2c1F. The molecule has 0 aliphatic rings. The van der Waals surface area contributed by atoms with Crippen LogP contribution in [-0.2, 0) is 4.74 Å². The minimum atomic E-state index is -0.784. The molecular weight excluding hydrogens is 336 g/mol. The Bertz CT molecular complexity index is 1090. The van der Waals surface area contributed by atoms with Gasteiger partial charge in [-0.15, -0.1) is 0 Å². The summed E-state index contributed by atoms with van der Waals surface area (Å²) in [6.45, 7) is 7.03. The maximum atomic E-state index is 15.1. The fourth-order valence-corrected chi connectivity index (χ4v) is 2.61. The quantitative estimate of drug-likeness (QED) is 0.383. The third-order valence-electron chi connectivity index (χ3n) is 3.81. The lowest BCUT2D eigenvalue weighted by Gasteiger charge is -2.11. The van der Waals surface area contributed by atoms with Crippen LogP contribution in [0.2, 0.25) is 0 Å². The molecule has 1 aromatic heterocycles. The Hall–Kier alpha value is -3.77. The molecule has 4 nitrogen and oxygen atoms in total. The van der Waals surface area contributed by atoms with Crippen LogP contribution in [0.15, 0.2) is 54.2 Å². The van der Waals surface area contributed by atoms with Gasteiger partial charge in [-0.1, -0.05) is 36.4 Å². The van der Waals surface area contributed by atoms with E-state index in [0.29, 0.717) is 5.56 Å². The number of nitriles is 1. The van der Waals surface area contributed by atoms with Crippen LogP contribution >= 0.6 is 0 Å². The minimum absolute atomic E-state index is 0.0165. The first-order valence-electron chi connectivity index (χ1n) is 7.51. The van der Waals surface area contributed by atoms with Crippen molar-refractivity contribution in [1.82, 2.24) is 4.98 Å². The summed E-state index contributed by atoms with van der Waals surface area (Å²) in [7, 11) is 1.25. The molecule has 126 valence electrons. The molecule has 0 unspecified atom stereocenters. The molecule has 0 saturated carbocycles. The molecule has 26 heavy (non-hydrogen) atoms. The highest BCUT2D eigenvalue weighted by Gasteiger charge is 2.19. The zero-order valence-corrected chi connectivity index (χ0v) is 13.6. The van der Waals surface area contributed by atoms with E-state index in [1.165, 1.54) is 25.3 Å². The van der Waals surface area contributed by atoms with Gasteiger partial charge >= 0.3 is 5.70 Å². The molecule has 1 heterocycles. The molecular formula is C20H11F2N3O. The highest BCUT2D eigenvalue weighted by atomic mass is 19.1. The van der Waals surface area contributed by atoms with E-state index in [2.05, 4.69) is 9.83 Å². The smallest absolute Gasteiger partial charge is 0.303 e. The van der Waals surface area contributed by atoms with Crippen LogP contribution in [0.25, 0.3) is 32.8 Å². The average Bonchev–Trinajstić information content (AvgIpc) is 2.67. The van der Waals surface area contributed by atoms with E-state index in [0.717, 1.165) is 0 Å². The summed E-state index contributed by atoms with van der Waals surface area (Å²) >= 11 is 0. The van der Waals surface area contributed by atoms with Gasteiger partial charge in [-0.2, -0.15) is 0 Å². The fraction of sp³-hybridized carbons (Fsp3) is 0.0500. The van der Waals surface area contributed by atoms with E-state index in [-0.39, 0.29) is 33.6 Å². The van der Waals surface area contributed by atoms with Crippen molar-refractivity contribution in [2.75, 3.05) is 7.11 Å². The number of pyridine rings is 1. The van der Waals surface area contributed by atoms with E-state index in [1.54, 1.807) is 36.4 Å². The number of nitrogens with zero attached hydrogens (tertiary/aromatic N) is 3. The maximum absolute atomic E-state index is 15.1. The highest BCUT2D eigenvalue weighted by Crippen LogP contribution is 2.31. The topological polar surface area (TPSA) is 50.3 Å². The van der Waals surface area contributed by atoms with Crippen molar-refractivity contribution in [1.29, 1.82) is 5.26 Å². The molecule has 0 bridgehead atoms. The Balaban J connectivity index is 2.30. The van der Waals surface area contributed by atoms with Crippen molar-refractivity contribution in [2.45, 2.75) is 0 Å².